The van der Waals surface area contributed by atoms with Gasteiger partial charge in [-0.1, -0.05) is 20.3 Å². The molecule has 2 heteroatoms. The zero-order valence-corrected chi connectivity index (χ0v) is 9.48. The van der Waals surface area contributed by atoms with Crippen LogP contribution in [0.4, 0.5) is 0 Å². The summed E-state index contributed by atoms with van der Waals surface area (Å²) < 4.78 is 0. The molecule has 0 unspecified atom stereocenters. The molecule has 0 aliphatic heterocycles. The van der Waals surface area contributed by atoms with Crippen molar-refractivity contribution in [1.82, 2.24) is 5.32 Å². The zero-order chi connectivity index (χ0) is 10.1. The minimum atomic E-state index is -0.107. The van der Waals surface area contributed by atoms with Gasteiger partial charge >= 0.3 is 0 Å². The van der Waals surface area contributed by atoms with Gasteiger partial charge in [-0.3, -0.25) is 0 Å². The highest BCUT2D eigenvalue weighted by atomic mass is 15.0. The Kier molecular flexibility index (Phi) is 3.03. The molecule has 0 aromatic rings. The molecule has 1 aliphatic carbocycles. The molecule has 0 heterocycles. The lowest BCUT2D eigenvalue weighted by molar-refractivity contribution is 0.175. The highest BCUT2D eigenvalue weighted by Crippen LogP contribution is 2.28. The molecule has 0 aromatic heterocycles. The Balaban J connectivity index is 2.32. The number of rotatable bonds is 4. The van der Waals surface area contributed by atoms with Crippen LogP contribution in [-0.2, 0) is 0 Å². The Morgan fingerprint density at radius 3 is 2.08 bits per heavy atom. The maximum Gasteiger partial charge on any atom is 0.0161 e. The third kappa shape index (κ3) is 2.68. The van der Waals surface area contributed by atoms with E-state index in [2.05, 4.69) is 33.0 Å². The van der Waals surface area contributed by atoms with Gasteiger partial charge in [0.1, 0.15) is 0 Å². The molecule has 0 amide bonds. The van der Waals surface area contributed by atoms with Crippen molar-refractivity contribution in [1.29, 1.82) is 0 Å². The third-order valence-electron chi connectivity index (χ3n) is 3.68. The molecule has 0 atom stereocenters. The molecule has 78 valence electrons. The van der Waals surface area contributed by atoms with Crippen molar-refractivity contribution in [2.75, 3.05) is 6.54 Å². The van der Waals surface area contributed by atoms with E-state index in [-0.39, 0.29) is 11.0 Å². The maximum absolute atomic E-state index is 6.12. The van der Waals surface area contributed by atoms with Gasteiger partial charge in [0.15, 0.2) is 0 Å². The minimum Gasteiger partial charge on any atom is -0.325 e. The normalized spacial score (nSPS) is 20.1. The summed E-state index contributed by atoms with van der Waals surface area (Å²) in [5, 5.41) is 3.59. The van der Waals surface area contributed by atoms with E-state index in [0.29, 0.717) is 0 Å². The van der Waals surface area contributed by atoms with E-state index in [0.717, 1.165) is 12.6 Å². The lowest BCUT2D eigenvalue weighted by Crippen LogP contribution is -2.54. The van der Waals surface area contributed by atoms with Crippen LogP contribution in [0.3, 0.4) is 0 Å². The van der Waals surface area contributed by atoms with Crippen molar-refractivity contribution in [2.45, 2.75) is 58.5 Å². The number of nitrogens with one attached hydrogen (secondary N) is 1. The Morgan fingerprint density at radius 1 is 1.23 bits per heavy atom. The van der Waals surface area contributed by atoms with Crippen molar-refractivity contribution >= 4 is 0 Å². The molecule has 3 N–H and O–H groups in total. The second-order valence-corrected chi connectivity index (χ2v) is 5.61. The zero-order valence-electron chi connectivity index (χ0n) is 9.48. The molecule has 2 nitrogen and oxygen atoms in total. The van der Waals surface area contributed by atoms with Gasteiger partial charge in [-0.25, -0.2) is 0 Å². The highest BCUT2D eigenvalue weighted by Gasteiger charge is 2.34. The quantitative estimate of drug-likeness (QED) is 0.700. The first-order valence-electron chi connectivity index (χ1n) is 5.35. The summed E-state index contributed by atoms with van der Waals surface area (Å²) in [4.78, 5) is 0. The summed E-state index contributed by atoms with van der Waals surface area (Å²) in [5.41, 5.74) is 6.18. The summed E-state index contributed by atoms with van der Waals surface area (Å²) in [6.45, 7) is 9.71. The number of nitrogens with two attached hydrogens (primary N) is 1. The molecule has 0 aromatic carbocycles. The molecular weight excluding hydrogens is 160 g/mol. The van der Waals surface area contributed by atoms with Crippen LogP contribution in [0.1, 0.15) is 47.0 Å². The average molecular weight is 184 g/mol. The summed E-state index contributed by atoms with van der Waals surface area (Å²) >= 11 is 0. The molecule has 13 heavy (non-hydrogen) atoms. The summed E-state index contributed by atoms with van der Waals surface area (Å²) in [5.74, 6) is 0. The van der Waals surface area contributed by atoms with Crippen LogP contribution in [-0.4, -0.2) is 18.1 Å². The van der Waals surface area contributed by atoms with Crippen molar-refractivity contribution in [2.24, 2.45) is 11.1 Å². The monoisotopic (exact) mass is 184 g/mol. The molecular formula is C11H24N2. The predicted molar refractivity (Wildman–Crippen MR) is 57.7 cm³/mol. The fourth-order valence-corrected chi connectivity index (χ4v) is 1.24. The predicted octanol–water partition coefficient (Wildman–Crippen LogP) is 1.89. The first-order valence-corrected chi connectivity index (χ1v) is 5.35. The molecule has 0 bridgehead atoms. The van der Waals surface area contributed by atoms with E-state index in [4.69, 9.17) is 5.73 Å². The molecule has 0 spiro atoms. The fourth-order valence-electron chi connectivity index (χ4n) is 1.24. The van der Waals surface area contributed by atoms with Crippen LogP contribution in [0, 0.1) is 5.41 Å². The SMILES string of the molecule is CC(C)(N)C(C)(C)CNC1CCC1. The van der Waals surface area contributed by atoms with E-state index in [9.17, 15) is 0 Å². The van der Waals surface area contributed by atoms with Crippen LogP contribution < -0.4 is 11.1 Å². The van der Waals surface area contributed by atoms with Crippen LogP contribution in [0.5, 0.6) is 0 Å². The van der Waals surface area contributed by atoms with E-state index < -0.39 is 0 Å². The molecule has 1 rings (SSSR count). The largest absolute Gasteiger partial charge is 0.325 e. The Bertz CT molecular complexity index is 163. The lowest BCUT2D eigenvalue weighted by Gasteiger charge is -2.41. The first kappa shape index (κ1) is 11.0. The Morgan fingerprint density at radius 2 is 1.77 bits per heavy atom. The summed E-state index contributed by atoms with van der Waals surface area (Å²) in [6, 6.07) is 0.765. The van der Waals surface area contributed by atoms with Crippen LogP contribution in [0.25, 0.3) is 0 Å². The maximum atomic E-state index is 6.12. The van der Waals surface area contributed by atoms with Gasteiger partial charge in [0.25, 0.3) is 0 Å². The van der Waals surface area contributed by atoms with Gasteiger partial charge in [-0.2, -0.15) is 0 Å². The molecule has 0 radical (unpaired) electrons. The van der Waals surface area contributed by atoms with E-state index >= 15 is 0 Å². The molecule has 1 aliphatic rings. The summed E-state index contributed by atoms with van der Waals surface area (Å²) in [7, 11) is 0. The second-order valence-electron chi connectivity index (χ2n) is 5.61. The molecule has 1 saturated carbocycles. The Hall–Kier alpha value is -0.0800. The second kappa shape index (κ2) is 3.58. The Labute approximate surface area is 82.3 Å². The third-order valence-corrected chi connectivity index (χ3v) is 3.68. The van der Waals surface area contributed by atoms with Gasteiger partial charge < -0.3 is 11.1 Å². The van der Waals surface area contributed by atoms with Crippen molar-refractivity contribution in [3.05, 3.63) is 0 Å². The van der Waals surface area contributed by atoms with Crippen molar-refractivity contribution in [3.63, 3.8) is 0 Å². The van der Waals surface area contributed by atoms with Crippen LogP contribution in [0.15, 0.2) is 0 Å². The number of hydrogen-bond donors (Lipinski definition) is 2. The van der Waals surface area contributed by atoms with Gasteiger partial charge in [-0.15, -0.1) is 0 Å². The van der Waals surface area contributed by atoms with Gasteiger partial charge in [-0.05, 0) is 32.1 Å². The topological polar surface area (TPSA) is 38.0 Å². The summed E-state index contributed by atoms with van der Waals surface area (Å²) in [6.07, 6.45) is 4.09. The van der Waals surface area contributed by atoms with E-state index in [1.54, 1.807) is 0 Å². The molecule has 1 fully saturated rings. The van der Waals surface area contributed by atoms with Gasteiger partial charge in [0.2, 0.25) is 0 Å². The first-order chi connectivity index (χ1) is 5.83. The van der Waals surface area contributed by atoms with E-state index in [1.165, 1.54) is 19.3 Å². The van der Waals surface area contributed by atoms with Gasteiger partial charge in [0, 0.05) is 18.1 Å². The van der Waals surface area contributed by atoms with E-state index in [1.807, 2.05) is 0 Å². The standard InChI is InChI=1S/C11H24N2/c1-10(2,11(3,4)12)8-13-9-6-5-7-9/h9,13H,5-8,12H2,1-4H3. The van der Waals surface area contributed by atoms with Crippen molar-refractivity contribution < 1.29 is 0 Å². The van der Waals surface area contributed by atoms with Gasteiger partial charge in [0.05, 0.1) is 0 Å². The molecule has 0 saturated heterocycles. The van der Waals surface area contributed by atoms with Crippen LogP contribution >= 0.6 is 0 Å². The van der Waals surface area contributed by atoms with Crippen LogP contribution in [0.2, 0.25) is 0 Å². The highest BCUT2D eigenvalue weighted by molar-refractivity contribution is 4.93. The lowest BCUT2D eigenvalue weighted by atomic mass is 9.75. The smallest absolute Gasteiger partial charge is 0.0161 e. The van der Waals surface area contributed by atoms with Crippen molar-refractivity contribution in [3.8, 4) is 0 Å². The minimum absolute atomic E-state index is 0.107. The number of hydrogen-bond acceptors (Lipinski definition) is 2. The average Bonchev–Trinajstić information content (AvgIpc) is 1.80. The fraction of sp³-hybridized carbons (Fsp3) is 1.00.